The summed E-state index contributed by atoms with van der Waals surface area (Å²) in [5.74, 6) is -1.17. The summed E-state index contributed by atoms with van der Waals surface area (Å²) in [6.45, 7) is 19.2. The smallest absolute Gasteiger partial charge is 0.307 e. The Bertz CT molecular complexity index is 1030. The number of nitrogens with one attached hydrogen (secondary N) is 5. The van der Waals surface area contributed by atoms with E-state index in [1.807, 2.05) is 55.4 Å². The van der Waals surface area contributed by atoms with Crippen molar-refractivity contribution in [3.8, 4) is 0 Å². The molecule has 278 valence electrons. The van der Waals surface area contributed by atoms with Gasteiger partial charge in [-0.1, -0.05) is 55.4 Å². The number of ether oxygens (including phenoxy) is 1. The number of nitrogens with two attached hydrogens (primary N) is 1. The van der Waals surface area contributed by atoms with E-state index in [0.717, 1.165) is 0 Å². The number of hydrogen-bond acceptors (Lipinski definition) is 8. The summed E-state index contributed by atoms with van der Waals surface area (Å²) < 4.78 is 4.74. The Balaban J connectivity index is 5.08. The lowest BCUT2D eigenvalue weighted by Crippen LogP contribution is -2.47. The number of esters is 1. The second kappa shape index (κ2) is 23.2. The third kappa shape index (κ3) is 21.6. The van der Waals surface area contributed by atoms with Crippen molar-refractivity contribution < 1.29 is 33.5 Å². The van der Waals surface area contributed by atoms with E-state index in [-0.39, 0.29) is 104 Å². The van der Waals surface area contributed by atoms with Gasteiger partial charge < -0.3 is 37.1 Å². The second-order valence-electron chi connectivity index (χ2n) is 14.9. The topological polar surface area (TPSA) is 198 Å². The monoisotopic (exact) mass is 682 g/mol. The number of hydrogen-bond donors (Lipinski definition) is 6. The number of carbonyl (C=O) groups excluding carboxylic acids is 6. The maximum atomic E-state index is 13.1. The summed E-state index contributed by atoms with van der Waals surface area (Å²) >= 11 is 0. The summed E-state index contributed by atoms with van der Waals surface area (Å²) in [6, 6.07) is -2.37. The van der Waals surface area contributed by atoms with Gasteiger partial charge in [0.1, 0.15) is 0 Å². The van der Waals surface area contributed by atoms with Gasteiger partial charge in [0.2, 0.25) is 29.5 Å². The van der Waals surface area contributed by atoms with E-state index in [9.17, 15) is 28.8 Å². The summed E-state index contributed by atoms with van der Waals surface area (Å²) in [6.07, 6.45) is 1.60. The quantitative estimate of drug-likeness (QED) is 0.0884. The largest absolute Gasteiger partial charge is 0.469 e. The molecule has 0 aromatic rings. The van der Waals surface area contributed by atoms with E-state index in [1.165, 1.54) is 7.11 Å². The van der Waals surface area contributed by atoms with Crippen molar-refractivity contribution in [1.82, 2.24) is 26.6 Å². The zero-order valence-electron chi connectivity index (χ0n) is 31.4. The first-order chi connectivity index (χ1) is 22.2. The van der Waals surface area contributed by atoms with Crippen LogP contribution in [0, 0.1) is 23.7 Å². The molecule has 0 saturated heterocycles. The van der Waals surface area contributed by atoms with Gasteiger partial charge in [0.25, 0.3) is 0 Å². The molecule has 0 aliphatic carbocycles. The van der Waals surface area contributed by atoms with E-state index in [4.69, 9.17) is 10.5 Å². The van der Waals surface area contributed by atoms with Crippen molar-refractivity contribution in [3.05, 3.63) is 0 Å². The lowest BCUT2D eigenvalue weighted by molar-refractivity contribution is -0.141. The van der Waals surface area contributed by atoms with Crippen LogP contribution in [0.3, 0.4) is 0 Å². The van der Waals surface area contributed by atoms with Crippen LogP contribution >= 0.6 is 0 Å². The van der Waals surface area contributed by atoms with Crippen molar-refractivity contribution in [3.63, 3.8) is 0 Å². The van der Waals surface area contributed by atoms with E-state index in [0.29, 0.717) is 12.8 Å². The van der Waals surface area contributed by atoms with Crippen molar-refractivity contribution in [1.29, 1.82) is 0 Å². The molecule has 0 rings (SSSR count). The van der Waals surface area contributed by atoms with Gasteiger partial charge in [0.15, 0.2) is 0 Å². The first-order valence-corrected chi connectivity index (χ1v) is 17.5. The minimum Gasteiger partial charge on any atom is -0.469 e. The third-order valence-corrected chi connectivity index (χ3v) is 7.95. The standard InChI is InChI=1S/C35H66N6O7/c1-20(2)12-26(39-30(42)14-24(9)37-33(45)18-28(36)22(5)6)16-32(44)41-29(23(7)8)19-34(46)38-25(10)15-31(43)40-27(13-21(3)4)17-35(47)48-11/h20-29H,12-19,36H2,1-11H3,(H,37,45)(H,38,46)(H,39,42)(H,40,43)(H,41,44)/t24-,25-,26-,27-,28+,29+/m0/s1. The Morgan fingerprint density at radius 2 is 0.896 bits per heavy atom. The Morgan fingerprint density at radius 3 is 1.29 bits per heavy atom. The fraction of sp³-hybridized carbons (Fsp3) is 0.829. The van der Waals surface area contributed by atoms with E-state index in [1.54, 1.807) is 13.8 Å². The third-order valence-electron chi connectivity index (χ3n) is 7.95. The van der Waals surface area contributed by atoms with E-state index in [2.05, 4.69) is 26.6 Å². The molecule has 0 spiro atoms. The summed E-state index contributed by atoms with van der Waals surface area (Å²) in [5.41, 5.74) is 5.99. The van der Waals surface area contributed by atoms with Gasteiger partial charge in [-0.25, -0.2) is 0 Å². The Kier molecular flexibility index (Phi) is 21.6. The van der Waals surface area contributed by atoms with Gasteiger partial charge in [-0.2, -0.15) is 0 Å². The molecule has 48 heavy (non-hydrogen) atoms. The first-order valence-electron chi connectivity index (χ1n) is 17.5. The molecule has 6 atom stereocenters. The van der Waals surface area contributed by atoms with Crippen molar-refractivity contribution in [2.24, 2.45) is 29.4 Å². The second-order valence-corrected chi connectivity index (χ2v) is 14.9. The summed E-state index contributed by atoms with van der Waals surface area (Å²) in [5, 5.41) is 14.4. The predicted molar refractivity (Wildman–Crippen MR) is 187 cm³/mol. The molecular weight excluding hydrogens is 616 g/mol. The highest BCUT2D eigenvalue weighted by molar-refractivity contribution is 5.83. The van der Waals surface area contributed by atoms with Gasteiger partial charge in [-0.3, -0.25) is 28.8 Å². The molecule has 0 bridgehead atoms. The van der Waals surface area contributed by atoms with Crippen molar-refractivity contribution in [2.45, 2.75) is 157 Å². The highest BCUT2D eigenvalue weighted by Crippen LogP contribution is 2.13. The molecule has 5 amide bonds. The molecule has 0 fully saturated rings. The van der Waals surface area contributed by atoms with Crippen LogP contribution in [0.2, 0.25) is 0 Å². The average Bonchev–Trinajstić information content (AvgIpc) is 2.90. The van der Waals surface area contributed by atoms with Crippen molar-refractivity contribution >= 4 is 35.5 Å². The Morgan fingerprint density at radius 1 is 0.500 bits per heavy atom. The SMILES string of the molecule is COC(=O)C[C@H](CC(C)C)NC(=O)C[C@H](C)NC(=O)C[C@@H](NC(=O)C[C@H](CC(C)C)NC(=O)C[C@H](C)NC(=O)C[C@@H](N)C(C)C)C(C)C. The van der Waals surface area contributed by atoms with Gasteiger partial charge in [0.05, 0.1) is 13.5 Å². The molecule has 0 heterocycles. The average molecular weight is 683 g/mol. The first kappa shape index (κ1) is 44.8. The minimum absolute atomic E-state index is 0.0204. The van der Waals surface area contributed by atoms with E-state index < -0.39 is 30.1 Å². The molecule has 0 radical (unpaired) electrons. The maximum Gasteiger partial charge on any atom is 0.307 e. The van der Waals surface area contributed by atoms with Crippen LogP contribution in [-0.4, -0.2) is 78.9 Å². The molecule has 0 unspecified atom stereocenters. The zero-order valence-corrected chi connectivity index (χ0v) is 31.4. The van der Waals surface area contributed by atoms with Gasteiger partial charge >= 0.3 is 5.97 Å². The van der Waals surface area contributed by atoms with Crippen LogP contribution in [0.25, 0.3) is 0 Å². The fourth-order valence-corrected chi connectivity index (χ4v) is 5.30. The molecule has 0 aliphatic heterocycles. The summed E-state index contributed by atoms with van der Waals surface area (Å²) in [4.78, 5) is 75.6. The number of carbonyl (C=O) groups is 6. The minimum atomic E-state index is -0.469. The molecular formula is C35H66N6O7. The Hall–Kier alpha value is -3.22. The predicted octanol–water partition coefficient (Wildman–Crippen LogP) is 2.70. The molecule has 13 nitrogen and oxygen atoms in total. The molecule has 0 aromatic heterocycles. The molecule has 0 aliphatic rings. The van der Waals surface area contributed by atoms with E-state index >= 15 is 0 Å². The van der Waals surface area contributed by atoms with Crippen molar-refractivity contribution in [2.75, 3.05) is 7.11 Å². The summed E-state index contributed by atoms with van der Waals surface area (Å²) in [7, 11) is 1.31. The molecule has 0 aromatic carbocycles. The lowest BCUT2D eigenvalue weighted by Gasteiger charge is -2.26. The Labute approximate surface area is 288 Å². The number of amides is 5. The van der Waals surface area contributed by atoms with Gasteiger partial charge in [-0.15, -0.1) is 0 Å². The molecule has 0 saturated carbocycles. The highest BCUT2D eigenvalue weighted by atomic mass is 16.5. The van der Waals surface area contributed by atoms with Crippen LogP contribution in [0.1, 0.15) is 121 Å². The lowest BCUT2D eigenvalue weighted by atomic mass is 9.97. The van der Waals surface area contributed by atoms with Crippen LogP contribution in [0.15, 0.2) is 0 Å². The van der Waals surface area contributed by atoms with Crippen LogP contribution in [-0.2, 0) is 33.5 Å². The molecule has 13 heteroatoms. The number of rotatable bonds is 23. The van der Waals surface area contributed by atoms with Crippen LogP contribution in [0.4, 0.5) is 0 Å². The fourth-order valence-electron chi connectivity index (χ4n) is 5.30. The maximum absolute atomic E-state index is 13.1. The number of methoxy groups -OCH3 is 1. The van der Waals surface area contributed by atoms with Crippen LogP contribution in [0.5, 0.6) is 0 Å². The zero-order chi connectivity index (χ0) is 37.1. The molecule has 7 N–H and O–H groups in total. The van der Waals surface area contributed by atoms with Gasteiger partial charge in [-0.05, 0) is 50.4 Å². The normalized spacial score (nSPS) is 15.2. The van der Waals surface area contributed by atoms with Crippen LogP contribution < -0.4 is 32.3 Å². The highest BCUT2D eigenvalue weighted by Gasteiger charge is 2.26. The van der Waals surface area contributed by atoms with Gasteiger partial charge in [0, 0.05) is 68.4 Å².